The summed E-state index contributed by atoms with van der Waals surface area (Å²) >= 11 is 0. The summed E-state index contributed by atoms with van der Waals surface area (Å²) in [6.45, 7) is 6.97. The fourth-order valence-corrected chi connectivity index (χ4v) is 6.32. The molecule has 2 saturated carbocycles. The second-order valence-corrected chi connectivity index (χ2v) is 9.87. The number of amides is 1. The second kappa shape index (κ2) is 6.92. The molecule has 27 heavy (non-hydrogen) atoms. The molecule has 0 radical (unpaired) electrons. The van der Waals surface area contributed by atoms with E-state index in [4.69, 9.17) is 4.84 Å². The van der Waals surface area contributed by atoms with E-state index in [2.05, 4.69) is 44.5 Å². The van der Waals surface area contributed by atoms with Gasteiger partial charge in [0.25, 0.3) is 0 Å². The van der Waals surface area contributed by atoms with Crippen LogP contribution in [0.4, 0.5) is 0 Å². The SMILES string of the molecule is CONC(=O)C1(CC2CC2)CCC[C@]2(C)c3ccc(C(C)C)cc3CC[C@@H]12. The molecule has 3 heteroatoms. The summed E-state index contributed by atoms with van der Waals surface area (Å²) in [6, 6.07) is 7.15. The number of rotatable bonds is 5. The van der Waals surface area contributed by atoms with Crippen molar-refractivity contribution in [2.24, 2.45) is 17.3 Å². The molecule has 0 spiro atoms. The predicted octanol–water partition coefficient (Wildman–Crippen LogP) is 5.28. The fraction of sp³-hybridized carbons (Fsp3) is 0.708. The predicted molar refractivity (Wildman–Crippen MR) is 108 cm³/mol. The van der Waals surface area contributed by atoms with Crippen molar-refractivity contribution in [3.8, 4) is 0 Å². The Labute approximate surface area is 164 Å². The van der Waals surface area contributed by atoms with Crippen molar-refractivity contribution in [3.05, 3.63) is 34.9 Å². The minimum Gasteiger partial charge on any atom is -0.277 e. The Morgan fingerprint density at radius 3 is 2.70 bits per heavy atom. The highest BCUT2D eigenvalue weighted by Gasteiger charge is 2.58. The number of carbonyl (C=O) groups excluding carboxylic acids is 1. The first-order chi connectivity index (χ1) is 12.9. The molecule has 4 rings (SSSR count). The number of hydroxylamine groups is 1. The van der Waals surface area contributed by atoms with E-state index in [0.717, 1.165) is 38.0 Å². The summed E-state index contributed by atoms with van der Waals surface area (Å²) in [5.74, 6) is 1.84. The summed E-state index contributed by atoms with van der Waals surface area (Å²) in [4.78, 5) is 18.4. The van der Waals surface area contributed by atoms with Crippen molar-refractivity contribution >= 4 is 5.91 Å². The van der Waals surface area contributed by atoms with Gasteiger partial charge in [0.1, 0.15) is 0 Å². The molecule has 1 aromatic carbocycles. The van der Waals surface area contributed by atoms with Crippen molar-refractivity contribution in [2.45, 2.75) is 83.5 Å². The van der Waals surface area contributed by atoms with Crippen LogP contribution < -0.4 is 5.48 Å². The molecule has 148 valence electrons. The van der Waals surface area contributed by atoms with Gasteiger partial charge in [-0.15, -0.1) is 0 Å². The molecule has 2 fully saturated rings. The first-order valence-corrected chi connectivity index (χ1v) is 10.9. The largest absolute Gasteiger partial charge is 0.277 e. The zero-order valence-corrected chi connectivity index (χ0v) is 17.4. The number of hydrogen-bond acceptors (Lipinski definition) is 2. The molecule has 3 nitrogen and oxygen atoms in total. The van der Waals surface area contributed by atoms with Crippen molar-refractivity contribution < 1.29 is 9.63 Å². The van der Waals surface area contributed by atoms with E-state index in [1.54, 1.807) is 7.11 Å². The Balaban J connectivity index is 1.75. The Hall–Kier alpha value is -1.35. The van der Waals surface area contributed by atoms with Gasteiger partial charge in [0, 0.05) is 0 Å². The maximum atomic E-state index is 13.3. The summed E-state index contributed by atoms with van der Waals surface area (Å²) in [5, 5.41) is 0. The van der Waals surface area contributed by atoms with Gasteiger partial charge in [0.05, 0.1) is 12.5 Å². The molecule has 1 unspecified atom stereocenters. The molecule has 1 N–H and O–H groups in total. The van der Waals surface area contributed by atoms with Gasteiger partial charge in [-0.05, 0) is 72.0 Å². The smallest absolute Gasteiger partial charge is 0.250 e. The highest BCUT2D eigenvalue weighted by atomic mass is 16.6. The van der Waals surface area contributed by atoms with Crippen molar-refractivity contribution in [1.29, 1.82) is 0 Å². The maximum absolute atomic E-state index is 13.3. The highest BCUT2D eigenvalue weighted by molar-refractivity contribution is 5.82. The Bertz CT molecular complexity index is 723. The van der Waals surface area contributed by atoms with Crippen LogP contribution in [0.5, 0.6) is 0 Å². The monoisotopic (exact) mass is 369 g/mol. The average Bonchev–Trinajstić information content (AvgIpc) is 3.45. The normalized spacial score (nSPS) is 32.7. The Morgan fingerprint density at radius 1 is 1.26 bits per heavy atom. The van der Waals surface area contributed by atoms with Gasteiger partial charge in [-0.25, -0.2) is 5.48 Å². The minimum atomic E-state index is -0.265. The number of benzene rings is 1. The minimum absolute atomic E-state index is 0.0985. The molecule has 3 aliphatic carbocycles. The topological polar surface area (TPSA) is 38.3 Å². The van der Waals surface area contributed by atoms with Crippen LogP contribution in [0.15, 0.2) is 18.2 Å². The van der Waals surface area contributed by atoms with Gasteiger partial charge in [0.15, 0.2) is 0 Å². The number of aryl methyl sites for hydroxylation is 1. The van der Waals surface area contributed by atoms with E-state index < -0.39 is 0 Å². The van der Waals surface area contributed by atoms with Crippen LogP contribution in [0.25, 0.3) is 0 Å². The lowest BCUT2D eigenvalue weighted by Crippen LogP contribution is -2.56. The molecule has 3 aliphatic rings. The molecule has 1 aromatic rings. The van der Waals surface area contributed by atoms with Gasteiger partial charge in [-0.3, -0.25) is 9.63 Å². The molecule has 0 aliphatic heterocycles. The zero-order valence-electron chi connectivity index (χ0n) is 17.4. The first kappa shape index (κ1) is 19.0. The first-order valence-electron chi connectivity index (χ1n) is 10.9. The summed E-state index contributed by atoms with van der Waals surface area (Å²) in [6.07, 6.45) is 9.18. The molecule has 0 saturated heterocycles. The Kier molecular flexibility index (Phi) is 4.86. The summed E-state index contributed by atoms with van der Waals surface area (Å²) in [7, 11) is 1.56. The highest BCUT2D eigenvalue weighted by Crippen LogP contribution is 2.61. The van der Waals surface area contributed by atoms with Crippen molar-refractivity contribution in [1.82, 2.24) is 5.48 Å². The molecule has 0 bridgehead atoms. The lowest BCUT2D eigenvalue weighted by molar-refractivity contribution is -0.153. The van der Waals surface area contributed by atoms with E-state index in [0.29, 0.717) is 11.8 Å². The van der Waals surface area contributed by atoms with Crippen LogP contribution in [-0.2, 0) is 21.5 Å². The molecular formula is C24H35NO2. The molecule has 0 heterocycles. The lowest BCUT2D eigenvalue weighted by Gasteiger charge is -2.56. The summed E-state index contributed by atoms with van der Waals surface area (Å²) in [5.41, 5.74) is 7.05. The van der Waals surface area contributed by atoms with E-state index in [9.17, 15) is 4.79 Å². The van der Waals surface area contributed by atoms with Crippen molar-refractivity contribution in [3.63, 3.8) is 0 Å². The third-order valence-corrected chi connectivity index (χ3v) is 7.87. The maximum Gasteiger partial charge on any atom is 0.250 e. The standard InChI is InChI=1S/C24H35NO2/c1-16(2)18-8-10-20-19(14-18)9-11-21-23(20,3)12-5-13-24(21,15-17-6-7-17)22(26)25-27-4/h8,10,14,16-17,21H,5-7,9,11-13,15H2,1-4H3,(H,25,26)/t21-,23-,24?/m1/s1. The molecule has 3 atom stereocenters. The number of hydrogen-bond donors (Lipinski definition) is 1. The van der Waals surface area contributed by atoms with Crippen LogP contribution in [0.1, 0.15) is 88.3 Å². The molecular weight excluding hydrogens is 334 g/mol. The second-order valence-electron chi connectivity index (χ2n) is 9.87. The number of nitrogens with one attached hydrogen (secondary N) is 1. The van der Waals surface area contributed by atoms with Gasteiger partial charge in [-0.2, -0.15) is 0 Å². The van der Waals surface area contributed by atoms with Crippen LogP contribution in [-0.4, -0.2) is 13.0 Å². The Morgan fingerprint density at radius 2 is 2.04 bits per heavy atom. The third kappa shape index (κ3) is 3.12. The number of fused-ring (bicyclic) bond motifs is 3. The molecule has 1 amide bonds. The van der Waals surface area contributed by atoms with Gasteiger partial charge in [-0.1, -0.05) is 58.2 Å². The summed E-state index contributed by atoms with van der Waals surface area (Å²) < 4.78 is 0. The third-order valence-electron chi connectivity index (χ3n) is 7.87. The van der Waals surface area contributed by atoms with Crippen LogP contribution in [0, 0.1) is 17.3 Å². The van der Waals surface area contributed by atoms with E-state index in [-0.39, 0.29) is 16.7 Å². The number of carbonyl (C=O) groups is 1. The quantitative estimate of drug-likeness (QED) is 0.717. The molecule has 0 aromatic heterocycles. The van der Waals surface area contributed by atoms with Gasteiger partial charge >= 0.3 is 0 Å². The fourth-order valence-electron chi connectivity index (χ4n) is 6.32. The van der Waals surface area contributed by atoms with Crippen LogP contribution >= 0.6 is 0 Å². The van der Waals surface area contributed by atoms with Crippen molar-refractivity contribution in [2.75, 3.05) is 7.11 Å². The van der Waals surface area contributed by atoms with E-state index in [1.165, 1.54) is 36.0 Å². The van der Waals surface area contributed by atoms with E-state index in [1.807, 2.05) is 0 Å². The van der Waals surface area contributed by atoms with Gasteiger partial charge in [0.2, 0.25) is 5.91 Å². The zero-order chi connectivity index (χ0) is 19.2. The van der Waals surface area contributed by atoms with Gasteiger partial charge < -0.3 is 0 Å². The average molecular weight is 370 g/mol. The van der Waals surface area contributed by atoms with Crippen LogP contribution in [0.3, 0.4) is 0 Å². The van der Waals surface area contributed by atoms with Crippen LogP contribution in [0.2, 0.25) is 0 Å². The lowest BCUT2D eigenvalue weighted by atomic mass is 9.48. The van der Waals surface area contributed by atoms with E-state index >= 15 is 0 Å².